The molecule has 0 amide bonds. The van der Waals surface area contributed by atoms with Gasteiger partial charge in [-0.1, -0.05) is 59.6 Å². The number of carbonyl (C=O) groups is 2. The smallest absolute Gasteiger partial charge is 0.348 e. The molecule has 0 saturated carbocycles. The van der Waals surface area contributed by atoms with Gasteiger partial charge in [-0.15, -0.1) is 11.3 Å². The minimum atomic E-state index is -1.10. The van der Waals surface area contributed by atoms with E-state index in [1.807, 2.05) is 49.4 Å². The van der Waals surface area contributed by atoms with Crippen LogP contribution in [0.3, 0.4) is 0 Å². The number of hydrogen-bond acceptors (Lipinski definition) is 10. The van der Waals surface area contributed by atoms with Gasteiger partial charge < -0.3 is 29.3 Å². The molecule has 5 rings (SSSR count). The normalized spacial score (nSPS) is 15.4. The number of pyridine rings is 1. The Kier molecular flexibility index (Phi) is 13.4. The molecule has 49 heavy (non-hydrogen) atoms. The van der Waals surface area contributed by atoms with Gasteiger partial charge in [-0.2, -0.15) is 0 Å². The molecule has 1 unspecified atom stereocenters. The first-order valence-corrected chi connectivity index (χ1v) is 17.2. The topological polar surface area (TPSA) is 130 Å². The number of nitrogens with zero attached hydrogens (tertiary/aromatic N) is 1. The standard InChI is InChI=1S/C36H39Cl2N3O6S.H2O/c1-36(24-8-6-5-7-9-24,35(43)46-25-14-16-41(2)17-15-25)40-20-26-11-13-33(48-26)34(42)47-31(19-27-28(37)21-39-22-29(27)38)23-10-12-30(44-3)32(18-23)45-4;/h5-13,18,21-22,25,31,40H,14-17,19-20H2,1-4H3;1H2/t31-,36?;/m0./s1. The van der Waals surface area contributed by atoms with E-state index in [0.717, 1.165) is 36.4 Å². The summed E-state index contributed by atoms with van der Waals surface area (Å²) in [6.45, 7) is 3.95. The molecule has 1 aliphatic rings. The number of methoxy groups -OCH3 is 2. The Bertz CT molecular complexity index is 1700. The summed E-state index contributed by atoms with van der Waals surface area (Å²) in [4.78, 5) is 33.7. The van der Waals surface area contributed by atoms with Crippen molar-refractivity contribution in [3.63, 3.8) is 0 Å². The fraction of sp³-hybridized carbons (Fsp3) is 0.361. The SMILES string of the molecule is COc1ccc([C@H](Cc2c(Cl)c[nH+]cc2Cl)OC(=O)c2ccc(CNC(C)(C(=O)OC3CCN(C)CC3)c3ccccc3)s2)cc1OC.[OH-]. The fourth-order valence-corrected chi connectivity index (χ4v) is 6.97. The van der Waals surface area contributed by atoms with Crippen LogP contribution in [-0.2, 0) is 32.8 Å². The molecule has 4 aromatic rings. The van der Waals surface area contributed by atoms with Gasteiger partial charge in [-0.3, -0.25) is 5.32 Å². The second-order valence-corrected chi connectivity index (χ2v) is 13.8. The number of aromatic amines is 1. The van der Waals surface area contributed by atoms with Gasteiger partial charge in [0.2, 0.25) is 0 Å². The number of thiophene rings is 1. The summed E-state index contributed by atoms with van der Waals surface area (Å²) in [6.07, 6.45) is 4.21. The van der Waals surface area contributed by atoms with Gasteiger partial charge in [0.1, 0.15) is 32.7 Å². The van der Waals surface area contributed by atoms with Crippen molar-refractivity contribution >= 4 is 46.5 Å². The maximum atomic E-state index is 13.7. The van der Waals surface area contributed by atoms with Crippen LogP contribution < -0.4 is 19.8 Å². The Morgan fingerprint density at radius 2 is 1.67 bits per heavy atom. The van der Waals surface area contributed by atoms with Gasteiger partial charge in [0.15, 0.2) is 23.9 Å². The molecule has 0 bridgehead atoms. The summed E-state index contributed by atoms with van der Waals surface area (Å²) >= 11 is 14.3. The average Bonchev–Trinajstić information content (AvgIpc) is 3.59. The number of rotatable bonds is 13. The van der Waals surface area contributed by atoms with E-state index >= 15 is 0 Å². The third-order valence-corrected chi connectivity index (χ3v) is 10.3. The summed E-state index contributed by atoms with van der Waals surface area (Å²) in [6, 6.07) is 18.5. The van der Waals surface area contributed by atoms with E-state index in [4.69, 9.17) is 42.1 Å². The van der Waals surface area contributed by atoms with Crippen molar-refractivity contribution in [1.82, 2.24) is 10.2 Å². The van der Waals surface area contributed by atoms with E-state index in [9.17, 15) is 9.59 Å². The lowest BCUT2D eigenvalue weighted by molar-refractivity contribution is -0.377. The number of hydrogen-bond donors (Lipinski definition) is 1. The molecule has 2 aromatic carbocycles. The van der Waals surface area contributed by atoms with E-state index in [0.29, 0.717) is 44.1 Å². The molecular weight excluding hydrogens is 689 g/mol. The first-order chi connectivity index (χ1) is 23.1. The Morgan fingerprint density at radius 3 is 2.33 bits per heavy atom. The molecule has 0 radical (unpaired) electrons. The molecule has 1 aliphatic heterocycles. The third kappa shape index (κ3) is 9.30. The van der Waals surface area contributed by atoms with Crippen molar-refractivity contribution in [3.05, 3.63) is 110 Å². The van der Waals surface area contributed by atoms with Gasteiger partial charge in [-0.05, 0) is 62.2 Å². The maximum Gasteiger partial charge on any atom is 0.348 e. The number of benzene rings is 2. The van der Waals surface area contributed by atoms with Crippen molar-refractivity contribution in [3.8, 4) is 11.5 Å². The van der Waals surface area contributed by atoms with E-state index in [1.54, 1.807) is 44.8 Å². The molecule has 0 spiro atoms. The van der Waals surface area contributed by atoms with Gasteiger partial charge in [0.05, 0.1) is 14.2 Å². The lowest BCUT2D eigenvalue weighted by atomic mass is 9.91. The van der Waals surface area contributed by atoms with Crippen LogP contribution in [0.2, 0.25) is 10.0 Å². The molecule has 10 nitrogen and oxygen atoms in total. The third-order valence-electron chi connectivity index (χ3n) is 8.59. The van der Waals surface area contributed by atoms with Crippen molar-refractivity contribution in [2.75, 3.05) is 34.4 Å². The number of aromatic nitrogens is 1. The van der Waals surface area contributed by atoms with Gasteiger partial charge in [-0.25, -0.2) is 14.6 Å². The average molecular weight is 731 g/mol. The molecule has 3 N–H and O–H groups in total. The lowest BCUT2D eigenvalue weighted by Crippen LogP contribution is -2.49. The first kappa shape index (κ1) is 38.1. The number of likely N-dealkylation sites (tertiary alicyclic amines) is 1. The summed E-state index contributed by atoms with van der Waals surface area (Å²) < 4.78 is 23.1. The number of esters is 2. The molecule has 1 fully saturated rings. The van der Waals surface area contributed by atoms with E-state index < -0.39 is 17.6 Å². The number of halogens is 2. The summed E-state index contributed by atoms with van der Waals surface area (Å²) in [5.41, 5.74) is 1.02. The molecular formula is C36H41Cl2N3O7S. The Morgan fingerprint density at radius 1 is 1.00 bits per heavy atom. The number of H-pyrrole nitrogens is 1. The molecule has 2 atom stereocenters. The second kappa shape index (κ2) is 17.3. The predicted molar refractivity (Wildman–Crippen MR) is 188 cm³/mol. The van der Waals surface area contributed by atoms with Crippen molar-refractivity contribution in [1.29, 1.82) is 0 Å². The van der Waals surface area contributed by atoms with Gasteiger partial charge in [0.25, 0.3) is 0 Å². The van der Waals surface area contributed by atoms with Crippen LogP contribution in [0, 0.1) is 0 Å². The summed E-state index contributed by atoms with van der Waals surface area (Å²) in [5, 5.41) is 4.27. The van der Waals surface area contributed by atoms with Gasteiger partial charge >= 0.3 is 11.9 Å². The maximum absolute atomic E-state index is 13.7. The number of ether oxygens (including phenoxy) is 4. The molecule has 13 heteroatoms. The number of carbonyl (C=O) groups excluding carboxylic acids is 2. The van der Waals surface area contributed by atoms with Crippen LogP contribution >= 0.6 is 34.5 Å². The number of piperidine rings is 1. The quantitative estimate of drug-likeness (QED) is 0.153. The Balaban J connectivity index is 0.00000541. The van der Waals surface area contributed by atoms with Crippen LogP contribution in [0.1, 0.15) is 57.1 Å². The molecule has 0 aliphatic carbocycles. The Hall–Kier alpha value is -3.71. The summed E-state index contributed by atoms with van der Waals surface area (Å²) in [7, 11) is 5.17. The first-order valence-electron chi connectivity index (χ1n) is 15.7. The lowest BCUT2D eigenvalue weighted by Gasteiger charge is -2.34. The van der Waals surface area contributed by atoms with Crippen LogP contribution in [0.15, 0.2) is 73.1 Å². The molecule has 3 heterocycles. The monoisotopic (exact) mass is 729 g/mol. The zero-order chi connectivity index (χ0) is 34.3. The fourth-order valence-electron chi connectivity index (χ4n) is 5.61. The minimum absolute atomic E-state index is 0. The van der Waals surface area contributed by atoms with Crippen molar-refractivity contribution < 1.29 is 39.0 Å². The van der Waals surface area contributed by atoms with Crippen LogP contribution in [0.5, 0.6) is 11.5 Å². The predicted octanol–water partition coefficient (Wildman–Crippen LogP) is 6.49. The zero-order valence-electron chi connectivity index (χ0n) is 27.8. The van der Waals surface area contributed by atoms with Crippen LogP contribution in [-0.4, -0.2) is 62.8 Å². The highest BCUT2D eigenvalue weighted by Gasteiger charge is 2.38. The highest BCUT2D eigenvalue weighted by atomic mass is 35.5. The molecule has 1 saturated heterocycles. The second-order valence-electron chi connectivity index (χ2n) is 11.9. The van der Waals surface area contributed by atoms with Crippen LogP contribution in [0.25, 0.3) is 0 Å². The minimum Gasteiger partial charge on any atom is -0.870 e. The summed E-state index contributed by atoms with van der Waals surface area (Å²) in [5.74, 6) is 0.209. The molecule has 262 valence electrons. The van der Waals surface area contributed by atoms with Gasteiger partial charge in [0, 0.05) is 36.5 Å². The largest absolute Gasteiger partial charge is 0.870 e. The van der Waals surface area contributed by atoms with Crippen molar-refractivity contribution in [2.24, 2.45) is 0 Å². The number of nitrogens with one attached hydrogen (secondary N) is 2. The van der Waals surface area contributed by atoms with Crippen LogP contribution in [0.4, 0.5) is 0 Å². The zero-order valence-corrected chi connectivity index (χ0v) is 30.2. The van der Waals surface area contributed by atoms with E-state index in [-0.39, 0.29) is 24.0 Å². The van der Waals surface area contributed by atoms with Crippen molar-refractivity contribution in [2.45, 2.75) is 50.5 Å². The van der Waals surface area contributed by atoms with E-state index in [2.05, 4.69) is 22.2 Å². The highest BCUT2D eigenvalue weighted by Crippen LogP contribution is 2.36. The van der Waals surface area contributed by atoms with E-state index in [1.165, 1.54) is 11.3 Å². The highest BCUT2D eigenvalue weighted by molar-refractivity contribution is 7.13. The Labute approximate surface area is 300 Å². The molecule has 2 aromatic heterocycles.